The van der Waals surface area contributed by atoms with Crippen LogP contribution in [0.3, 0.4) is 0 Å². The second-order valence-electron chi connectivity index (χ2n) is 8.21. The van der Waals surface area contributed by atoms with Gasteiger partial charge in [0.2, 0.25) is 5.91 Å². The molecule has 0 bridgehead atoms. The highest BCUT2D eigenvalue weighted by atomic mass is 19.1. The summed E-state index contributed by atoms with van der Waals surface area (Å²) in [7, 11) is 0. The molecule has 1 atom stereocenters. The molecule has 1 heterocycles. The molecule has 5 heteroatoms. The second-order valence-corrected chi connectivity index (χ2v) is 8.21. The molecule has 1 fully saturated rings. The number of rotatable bonds is 5. The number of amides is 1. The molecule has 0 unspecified atom stereocenters. The van der Waals surface area contributed by atoms with Crippen LogP contribution >= 0.6 is 0 Å². The minimum absolute atomic E-state index is 0.000617. The van der Waals surface area contributed by atoms with Gasteiger partial charge < -0.3 is 15.7 Å². The van der Waals surface area contributed by atoms with E-state index in [1.54, 1.807) is 12.1 Å². The summed E-state index contributed by atoms with van der Waals surface area (Å²) in [6.07, 6.45) is 1.26. The first-order valence-electron chi connectivity index (χ1n) is 8.56. The van der Waals surface area contributed by atoms with E-state index >= 15 is 0 Å². The first-order valence-corrected chi connectivity index (χ1v) is 8.56. The summed E-state index contributed by atoms with van der Waals surface area (Å²) < 4.78 is 13.6. The summed E-state index contributed by atoms with van der Waals surface area (Å²) >= 11 is 0. The predicted molar refractivity (Wildman–Crippen MR) is 93.0 cm³/mol. The molecule has 0 aliphatic carbocycles. The third-order valence-electron chi connectivity index (χ3n) is 4.51. The van der Waals surface area contributed by atoms with Crippen LogP contribution in [0.1, 0.15) is 58.6 Å². The summed E-state index contributed by atoms with van der Waals surface area (Å²) in [6.45, 7) is 8.64. The highest BCUT2D eigenvalue weighted by Gasteiger charge is 2.38. The Labute approximate surface area is 143 Å². The fourth-order valence-corrected chi connectivity index (χ4v) is 4.08. The molecule has 134 valence electrons. The topological polar surface area (TPSA) is 61.4 Å². The maximum Gasteiger partial charge on any atom is 0.220 e. The predicted octanol–water partition coefficient (Wildman–Crippen LogP) is 2.92. The van der Waals surface area contributed by atoms with E-state index < -0.39 is 11.9 Å². The molecule has 0 spiro atoms. The van der Waals surface area contributed by atoms with Crippen LogP contribution in [0.25, 0.3) is 0 Å². The van der Waals surface area contributed by atoms with Crippen molar-refractivity contribution in [1.29, 1.82) is 0 Å². The number of hydrogen-bond acceptors (Lipinski definition) is 3. The average Bonchev–Trinajstić information content (AvgIpc) is 2.41. The molecular formula is C19H29FN2O2. The maximum atomic E-state index is 13.6. The molecule has 0 radical (unpaired) electrons. The third kappa shape index (κ3) is 5.28. The molecule has 0 saturated carbocycles. The van der Waals surface area contributed by atoms with E-state index in [4.69, 9.17) is 0 Å². The van der Waals surface area contributed by atoms with Crippen LogP contribution in [0, 0.1) is 11.7 Å². The fraction of sp³-hybridized carbons (Fsp3) is 0.632. The zero-order chi connectivity index (χ0) is 18.0. The number of hydrogen-bond donors (Lipinski definition) is 3. The number of nitrogens with one attached hydrogen (secondary N) is 2. The molecular weight excluding hydrogens is 307 g/mol. The van der Waals surface area contributed by atoms with Crippen molar-refractivity contribution in [2.75, 3.05) is 6.54 Å². The van der Waals surface area contributed by atoms with Crippen molar-refractivity contribution in [3.05, 3.63) is 35.6 Å². The number of carbonyl (C=O) groups is 1. The van der Waals surface area contributed by atoms with Crippen LogP contribution < -0.4 is 10.6 Å². The Balaban J connectivity index is 1.86. The van der Waals surface area contributed by atoms with Crippen molar-refractivity contribution in [3.8, 4) is 0 Å². The van der Waals surface area contributed by atoms with Gasteiger partial charge in [0.1, 0.15) is 5.82 Å². The molecule has 1 aliphatic rings. The number of carbonyl (C=O) groups excluding carboxylic acids is 1. The Morgan fingerprint density at radius 1 is 1.29 bits per heavy atom. The summed E-state index contributed by atoms with van der Waals surface area (Å²) in [5.41, 5.74) is 0.209. The Morgan fingerprint density at radius 3 is 2.46 bits per heavy atom. The number of aliphatic hydroxyl groups excluding tert-OH is 1. The van der Waals surface area contributed by atoms with Crippen molar-refractivity contribution in [2.24, 2.45) is 5.92 Å². The standard InChI is InChI=1S/C19H29FN2O2/c1-18(2)10-13(11-19(3,4)22-18)9-17(24)21-12-16(23)14-7-5-6-8-15(14)20/h5-8,13,16,22-23H,9-12H2,1-4H3,(H,21,24)/t16-/m1/s1. The quantitative estimate of drug-likeness (QED) is 0.775. The van der Waals surface area contributed by atoms with Crippen LogP contribution in [-0.2, 0) is 4.79 Å². The van der Waals surface area contributed by atoms with Crippen LogP contribution in [0.4, 0.5) is 4.39 Å². The fourth-order valence-electron chi connectivity index (χ4n) is 4.08. The molecule has 1 amide bonds. The van der Waals surface area contributed by atoms with Crippen molar-refractivity contribution in [1.82, 2.24) is 10.6 Å². The summed E-state index contributed by atoms with van der Waals surface area (Å²) in [5, 5.41) is 16.4. The largest absolute Gasteiger partial charge is 0.386 e. The van der Waals surface area contributed by atoms with Gasteiger partial charge in [-0.15, -0.1) is 0 Å². The van der Waals surface area contributed by atoms with Gasteiger partial charge in [0.15, 0.2) is 0 Å². The molecule has 4 nitrogen and oxygen atoms in total. The van der Waals surface area contributed by atoms with Crippen molar-refractivity contribution in [2.45, 2.75) is 64.1 Å². The lowest BCUT2D eigenvalue weighted by Gasteiger charge is -2.46. The third-order valence-corrected chi connectivity index (χ3v) is 4.51. The maximum absolute atomic E-state index is 13.6. The number of halogens is 1. The number of benzene rings is 1. The number of piperidine rings is 1. The van der Waals surface area contributed by atoms with Crippen LogP contribution in [0.2, 0.25) is 0 Å². The summed E-state index contributed by atoms with van der Waals surface area (Å²) in [5.74, 6) is -0.258. The molecule has 1 aliphatic heterocycles. The lowest BCUT2D eigenvalue weighted by Crippen LogP contribution is -2.58. The van der Waals surface area contributed by atoms with Crippen molar-refractivity contribution < 1.29 is 14.3 Å². The highest BCUT2D eigenvalue weighted by molar-refractivity contribution is 5.76. The van der Waals surface area contributed by atoms with E-state index in [1.807, 2.05) is 0 Å². The zero-order valence-electron chi connectivity index (χ0n) is 15.0. The van der Waals surface area contributed by atoms with Crippen molar-refractivity contribution >= 4 is 5.91 Å². The highest BCUT2D eigenvalue weighted by Crippen LogP contribution is 2.34. The van der Waals surface area contributed by atoms with Gasteiger partial charge in [-0.05, 0) is 52.5 Å². The Hall–Kier alpha value is -1.46. The first-order chi connectivity index (χ1) is 11.1. The lowest BCUT2D eigenvalue weighted by molar-refractivity contribution is -0.123. The number of aliphatic hydroxyl groups is 1. The van der Waals surface area contributed by atoms with E-state index in [0.717, 1.165) is 12.8 Å². The van der Waals surface area contributed by atoms with Crippen LogP contribution in [-0.4, -0.2) is 28.6 Å². The molecule has 0 aromatic heterocycles. The lowest BCUT2D eigenvalue weighted by atomic mass is 9.74. The van der Waals surface area contributed by atoms with Crippen LogP contribution in [0.5, 0.6) is 0 Å². The smallest absolute Gasteiger partial charge is 0.220 e. The SMILES string of the molecule is CC1(C)CC(CC(=O)NC[C@@H](O)c2ccccc2F)CC(C)(C)N1. The Bertz CT molecular complexity index is 570. The van der Waals surface area contributed by atoms with Gasteiger partial charge in [-0.1, -0.05) is 18.2 Å². The van der Waals surface area contributed by atoms with E-state index in [1.165, 1.54) is 12.1 Å². The van der Waals surface area contributed by atoms with Gasteiger partial charge in [-0.3, -0.25) is 4.79 Å². The van der Waals surface area contributed by atoms with Crippen LogP contribution in [0.15, 0.2) is 24.3 Å². The van der Waals surface area contributed by atoms with E-state index in [9.17, 15) is 14.3 Å². The van der Waals surface area contributed by atoms with Gasteiger partial charge in [0, 0.05) is 29.6 Å². The molecule has 1 aromatic rings. The summed E-state index contributed by atoms with van der Waals surface area (Å²) in [4.78, 5) is 12.2. The van der Waals surface area contributed by atoms with Gasteiger partial charge >= 0.3 is 0 Å². The van der Waals surface area contributed by atoms with Crippen molar-refractivity contribution in [3.63, 3.8) is 0 Å². The van der Waals surface area contributed by atoms with Gasteiger partial charge in [-0.25, -0.2) is 4.39 Å². The molecule has 1 saturated heterocycles. The molecule has 3 N–H and O–H groups in total. The average molecular weight is 336 g/mol. The Morgan fingerprint density at radius 2 is 1.88 bits per heavy atom. The van der Waals surface area contributed by atoms with Gasteiger partial charge in [-0.2, -0.15) is 0 Å². The molecule has 1 aromatic carbocycles. The Kier molecular flexibility index (Phi) is 5.66. The van der Waals surface area contributed by atoms with Gasteiger partial charge in [0.25, 0.3) is 0 Å². The monoisotopic (exact) mass is 336 g/mol. The zero-order valence-corrected chi connectivity index (χ0v) is 15.0. The van der Waals surface area contributed by atoms with E-state index in [2.05, 4.69) is 38.3 Å². The second kappa shape index (κ2) is 7.19. The summed E-state index contributed by atoms with van der Waals surface area (Å²) in [6, 6.07) is 6.08. The first kappa shape index (κ1) is 18.9. The van der Waals surface area contributed by atoms with E-state index in [-0.39, 0.29) is 29.1 Å². The minimum Gasteiger partial charge on any atom is -0.386 e. The van der Waals surface area contributed by atoms with Gasteiger partial charge in [0.05, 0.1) is 6.10 Å². The molecule has 24 heavy (non-hydrogen) atoms. The minimum atomic E-state index is -1.03. The molecule has 2 rings (SSSR count). The normalized spacial score (nSPS) is 21.2. The van der Waals surface area contributed by atoms with E-state index in [0.29, 0.717) is 12.3 Å².